The molecule has 0 spiro atoms. The van der Waals surface area contributed by atoms with E-state index >= 15 is 0 Å². The predicted octanol–water partition coefficient (Wildman–Crippen LogP) is 3.61. The molecule has 0 aromatic rings. The van der Waals surface area contributed by atoms with Gasteiger partial charge in [0.15, 0.2) is 0 Å². The van der Waals surface area contributed by atoms with Gasteiger partial charge in [0.25, 0.3) is 0 Å². The fraction of sp³-hybridized carbons (Fsp3) is 1.00. The van der Waals surface area contributed by atoms with Crippen molar-refractivity contribution in [1.29, 1.82) is 0 Å². The van der Waals surface area contributed by atoms with Crippen LogP contribution in [-0.4, -0.2) is 41.7 Å². The monoisotopic (exact) mass is 300 g/mol. The van der Waals surface area contributed by atoms with Gasteiger partial charge in [-0.15, -0.1) is 0 Å². The zero-order chi connectivity index (χ0) is 14.3. The molecule has 0 aromatic heterocycles. The van der Waals surface area contributed by atoms with Gasteiger partial charge in [0.1, 0.15) is 0 Å². The summed E-state index contributed by atoms with van der Waals surface area (Å²) < 4.78 is 33.1. The van der Waals surface area contributed by atoms with Crippen LogP contribution in [-0.2, 0) is 18.6 Å². The van der Waals surface area contributed by atoms with E-state index in [0.29, 0.717) is 0 Å². The standard InChI is InChI=1S/C12H29O4PS/c1-6-7-8-9-10-11-12-15-18(13,14)16-17(2,3,4)5/h6-12H2,1-5H3. The molecule has 112 valence electrons. The molecule has 0 bridgehead atoms. The molecule has 0 amide bonds. The number of hydrogen-bond acceptors (Lipinski definition) is 4. The first-order chi connectivity index (χ1) is 8.02. The summed E-state index contributed by atoms with van der Waals surface area (Å²) in [5.41, 5.74) is 0. The molecule has 0 aliphatic carbocycles. The summed E-state index contributed by atoms with van der Waals surface area (Å²) in [4.78, 5) is 0. The van der Waals surface area contributed by atoms with Crippen LogP contribution in [0.1, 0.15) is 45.4 Å². The van der Waals surface area contributed by atoms with Crippen molar-refractivity contribution in [2.45, 2.75) is 45.4 Å². The zero-order valence-corrected chi connectivity index (χ0v) is 14.1. The van der Waals surface area contributed by atoms with Gasteiger partial charge in [0, 0.05) is 0 Å². The molecule has 0 aromatic carbocycles. The minimum atomic E-state index is -3.84. The summed E-state index contributed by atoms with van der Waals surface area (Å²) in [6.45, 7) is 7.16. The second kappa shape index (κ2) is 7.18. The average Bonchev–Trinajstić information content (AvgIpc) is 2.11. The molecule has 0 unspecified atom stereocenters. The molecular formula is C12H29O4PS. The third-order valence-electron chi connectivity index (χ3n) is 2.11. The Morgan fingerprint density at radius 3 is 1.89 bits per heavy atom. The summed E-state index contributed by atoms with van der Waals surface area (Å²) >= 11 is 0. The number of unbranched alkanes of at least 4 members (excludes halogenated alkanes) is 5. The summed E-state index contributed by atoms with van der Waals surface area (Å²) in [7, 11) is -3.84. The Balaban J connectivity index is 3.80. The molecule has 18 heavy (non-hydrogen) atoms. The summed E-state index contributed by atoms with van der Waals surface area (Å²) in [6, 6.07) is 0. The first-order valence-corrected chi connectivity index (χ1v) is 11.9. The normalized spacial score (nSPS) is 15.3. The molecule has 0 atom stereocenters. The zero-order valence-electron chi connectivity index (χ0n) is 12.4. The molecule has 0 rings (SSSR count). The Bertz CT molecular complexity index is 320. The fourth-order valence-electron chi connectivity index (χ4n) is 1.43. The van der Waals surface area contributed by atoms with Crippen LogP contribution in [0.3, 0.4) is 0 Å². The Morgan fingerprint density at radius 2 is 1.39 bits per heavy atom. The molecule has 0 saturated heterocycles. The predicted molar refractivity (Wildman–Crippen MR) is 79.9 cm³/mol. The van der Waals surface area contributed by atoms with Gasteiger partial charge in [-0.1, -0.05) is 0 Å². The van der Waals surface area contributed by atoms with Gasteiger partial charge in [-0.25, -0.2) is 0 Å². The molecule has 6 heteroatoms. The van der Waals surface area contributed by atoms with Crippen molar-refractivity contribution in [3.63, 3.8) is 0 Å². The number of rotatable bonds is 10. The van der Waals surface area contributed by atoms with E-state index in [4.69, 9.17) is 8.15 Å². The van der Waals surface area contributed by atoms with E-state index in [1.165, 1.54) is 19.3 Å². The minimum absolute atomic E-state index is 0.223. The van der Waals surface area contributed by atoms with Crippen LogP contribution in [0.5, 0.6) is 0 Å². The van der Waals surface area contributed by atoms with Crippen LogP contribution < -0.4 is 0 Å². The molecule has 0 saturated carbocycles. The second-order valence-corrected chi connectivity index (χ2v) is 15.0. The third-order valence-corrected chi connectivity index (χ3v) is 5.69. The molecular weight excluding hydrogens is 271 g/mol. The van der Waals surface area contributed by atoms with Crippen molar-refractivity contribution in [1.82, 2.24) is 0 Å². The molecule has 0 radical (unpaired) electrons. The second-order valence-electron chi connectivity index (χ2n) is 6.49. The van der Waals surface area contributed by atoms with Gasteiger partial charge < -0.3 is 0 Å². The van der Waals surface area contributed by atoms with Crippen molar-refractivity contribution in [3.05, 3.63) is 0 Å². The van der Waals surface area contributed by atoms with Gasteiger partial charge in [0.05, 0.1) is 0 Å². The van der Waals surface area contributed by atoms with Crippen LogP contribution in [0, 0.1) is 0 Å². The van der Waals surface area contributed by atoms with Crippen LogP contribution in [0.25, 0.3) is 0 Å². The van der Waals surface area contributed by atoms with Crippen molar-refractivity contribution >= 4 is 17.2 Å². The Hall–Kier alpha value is 0.300. The fourth-order valence-corrected chi connectivity index (χ4v) is 4.85. The van der Waals surface area contributed by atoms with Gasteiger partial charge >= 0.3 is 113 Å². The van der Waals surface area contributed by atoms with Crippen molar-refractivity contribution < 1.29 is 16.6 Å². The summed E-state index contributed by atoms with van der Waals surface area (Å²) in [5.74, 6) is 0. The first kappa shape index (κ1) is 18.3. The third kappa shape index (κ3) is 12.7. The summed E-state index contributed by atoms with van der Waals surface area (Å²) in [5, 5.41) is 0. The quantitative estimate of drug-likeness (QED) is 0.457. The first-order valence-electron chi connectivity index (χ1n) is 6.63. The molecule has 0 aliphatic rings. The Morgan fingerprint density at radius 1 is 0.889 bits per heavy atom. The van der Waals surface area contributed by atoms with Gasteiger partial charge in [-0.3, -0.25) is 0 Å². The summed E-state index contributed by atoms with van der Waals surface area (Å²) in [6.07, 6.45) is 6.59. The Kier molecular flexibility index (Phi) is 7.30. The van der Waals surface area contributed by atoms with E-state index < -0.39 is 17.2 Å². The van der Waals surface area contributed by atoms with E-state index in [9.17, 15) is 8.42 Å². The van der Waals surface area contributed by atoms with Crippen molar-refractivity contribution in [3.8, 4) is 0 Å². The average molecular weight is 300 g/mol. The molecule has 0 heterocycles. The number of hydrogen-bond donors (Lipinski definition) is 0. The van der Waals surface area contributed by atoms with E-state index in [0.717, 1.165) is 19.3 Å². The van der Waals surface area contributed by atoms with Crippen LogP contribution in [0.2, 0.25) is 0 Å². The molecule has 0 aliphatic heterocycles. The molecule has 0 fully saturated rings. The van der Waals surface area contributed by atoms with Crippen molar-refractivity contribution in [2.75, 3.05) is 33.3 Å². The van der Waals surface area contributed by atoms with Crippen LogP contribution in [0.15, 0.2) is 0 Å². The molecule has 4 nitrogen and oxygen atoms in total. The van der Waals surface area contributed by atoms with E-state index in [2.05, 4.69) is 6.92 Å². The van der Waals surface area contributed by atoms with Gasteiger partial charge in [-0.2, -0.15) is 0 Å². The maximum absolute atomic E-state index is 11.6. The van der Waals surface area contributed by atoms with Crippen LogP contribution >= 0.6 is 6.83 Å². The van der Waals surface area contributed by atoms with Crippen molar-refractivity contribution in [2.24, 2.45) is 0 Å². The Labute approximate surface area is 113 Å². The van der Waals surface area contributed by atoms with E-state index in [-0.39, 0.29) is 6.61 Å². The SMILES string of the molecule is CCCCCCCCOS(=O)(=O)OP(C)(C)(C)C. The van der Waals surface area contributed by atoms with Gasteiger partial charge in [-0.05, 0) is 0 Å². The van der Waals surface area contributed by atoms with E-state index in [1.54, 1.807) is 0 Å². The van der Waals surface area contributed by atoms with E-state index in [1.807, 2.05) is 26.7 Å². The van der Waals surface area contributed by atoms with Gasteiger partial charge in [0.2, 0.25) is 0 Å². The maximum atomic E-state index is 11.6. The topological polar surface area (TPSA) is 52.6 Å². The molecule has 0 N–H and O–H groups in total. The van der Waals surface area contributed by atoms with Crippen LogP contribution in [0.4, 0.5) is 0 Å².